The molecule has 3 N–H and O–H groups in total. The summed E-state index contributed by atoms with van der Waals surface area (Å²) < 4.78 is 0. The van der Waals surface area contributed by atoms with Crippen molar-refractivity contribution in [3.63, 3.8) is 0 Å². The zero-order valence-corrected chi connectivity index (χ0v) is 11.5. The normalized spacial score (nSPS) is 10.3. The molecule has 0 saturated carbocycles. The quantitative estimate of drug-likeness (QED) is 0.651. The number of nitrogens with two attached hydrogens (primary N) is 1. The van der Waals surface area contributed by atoms with Gasteiger partial charge in [0.15, 0.2) is 0 Å². The Morgan fingerprint density at radius 1 is 1.24 bits per heavy atom. The Morgan fingerprint density at radius 3 is 2.43 bits per heavy atom. The Balaban J connectivity index is 2.43. The molecule has 0 radical (unpaired) electrons. The second kappa shape index (κ2) is 6.09. The molecule has 0 atom stereocenters. The van der Waals surface area contributed by atoms with E-state index in [0.717, 1.165) is 10.8 Å². The van der Waals surface area contributed by atoms with Crippen molar-refractivity contribution in [2.75, 3.05) is 18.8 Å². The molecular weight excluding hydrogens is 268 g/mol. The van der Waals surface area contributed by atoms with E-state index in [-0.39, 0.29) is 6.54 Å². The maximum absolute atomic E-state index is 12.5. The lowest BCUT2D eigenvalue weighted by Crippen LogP contribution is -2.36. The SMILES string of the molecule is C=CCN(CC(=O)O)C(=O)c1cc2ccccc2cc1N. The van der Waals surface area contributed by atoms with E-state index in [9.17, 15) is 9.59 Å². The maximum Gasteiger partial charge on any atom is 0.323 e. The fourth-order valence-electron chi connectivity index (χ4n) is 2.15. The number of nitrogen functional groups attached to an aromatic ring is 1. The largest absolute Gasteiger partial charge is 0.480 e. The van der Waals surface area contributed by atoms with Gasteiger partial charge >= 0.3 is 5.97 Å². The van der Waals surface area contributed by atoms with E-state index in [1.165, 1.54) is 11.0 Å². The van der Waals surface area contributed by atoms with Gasteiger partial charge < -0.3 is 15.7 Å². The highest BCUT2D eigenvalue weighted by atomic mass is 16.4. The highest BCUT2D eigenvalue weighted by molar-refractivity contribution is 6.04. The van der Waals surface area contributed by atoms with Crippen molar-refractivity contribution in [1.82, 2.24) is 4.90 Å². The van der Waals surface area contributed by atoms with Crippen LogP contribution in [0.5, 0.6) is 0 Å². The van der Waals surface area contributed by atoms with E-state index in [4.69, 9.17) is 10.8 Å². The minimum atomic E-state index is -1.08. The van der Waals surface area contributed by atoms with Gasteiger partial charge in [-0.3, -0.25) is 9.59 Å². The fourth-order valence-corrected chi connectivity index (χ4v) is 2.15. The second-order valence-corrected chi connectivity index (χ2v) is 4.65. The number of carboxylic acids is 1. The van der Waals surface area contributed by atoms with Gasteiger partial charge in [-0.05, 0) is 22.9 Å². The fraction of sp³-hybridized carbons (Fsp3) is 0.125. The molecule has 0 aromatic heterocycles. The van der Waals surface area contributed by atoms with Crippen molar-refractivity contribution in [3.8, 4) is 0 Å². The number of aliphatic carboxylic acids is 1. The van der Waals surface area contributed by atoms with E-state index in [2.05, 4.69) is 6.58 Å². The molecule has 108 valence electrons. The minimum absolute atomic E-state index is 0.150. The molecule has 0 aliphatic rings. The van der Waals surface area contributed by atoms with Crippen molar-refractivity contribution >= 4 is 28.3 Å². The molecule has 1 amide bonds. The molecule has 0 aliphatic heterocycles. The van der Waals surface area contributed by atoms with Crippen molar-refractivity contribution < 1.29 is 14.7 Å². The molecule has 0 bridgehead atoms. The van der Waals surface area contributed by atoms with Gasteiger partial charge in [-0.2, -0.15) is 0 Å². The number of nitrogens with zero attached hydrogens (tertiary/aromatic N) is 1. The molecule has 0 heterocycles. The van der Waals surface area contributed by atoms with Crippen LogP contribution in [-0.2, 0) is 4.79 Å². The summed E-state index contributed by atoms with van der Waals surface area (Å²) in [7, 11) is 0. The lowest BCUT2D eigenvalue weighted by Gasteiger charge is -2.20. The van der Waals surface area contributed by atoms with Crippen LogP contribution in [0.3, 0.4) is 0 Å². The Labute approximate surface area is 122 Å². The third-order valence-electron chi connectivity index (χ3n) is 3.11. The van der Waals surface area contributed by atoms with Crippen LogP contribution in [0.4, 0.5) is 5.69 Å². The second-order valence-electron chi connectivity index (χ2n) is 4.65. The first-order valence-electron chi connectivity index (χ1n) is 6.43. The number of carbonyl (C=O) groups is 2. The summed E-state index contributed by atoms with van der Waals surface area (Å²) in [6.07, 6.45) is 1.48. The van der Waals surface area contributed by atoms with E-state index < -0.39 is 18.4 Å². The Hall–Kier alpha value is -2.82. The summed E-state index contributed by atoms with van der Waals surface area (Å²) in [5.74, 6) is -1.50. The maximum atomic E-state index is 12.5. The van der Waals surface area contributed by atoms with E-state index in [1.54, 1.807) is 12.1 Å². The number of carboxylic acid groups (broad SMARTS) is 1. The summed E-state index contributed by atoms with van der Waals surface area (Å²) in [4.78, 5) is 24.5. The Bertz CT molecular complexity index is 710. The molecular formula is C16H16N2O3. The van der Waals surface area contributed by atoms with Gasteiger partial charge in [0.1, 0.15) is 6.54 Å². The lowest BCUT2D eigenvalue weighted by molar-refractivity contribution is -0.137. The summed E-state index contributed by atoms with van der Waals surface area (Å²) in [6.45, 7) is 3.30. The van der Waals surface area contributed by atoms with Crippen LogP contribution in [0.15, 0.2) is 49.1 Å². The molecule has 5 nitrogen and oxygen atoms in total. The lowest BCUT2D eigenvalue weighted by atomic mass is 10.0. The van der Waals surface area contributed by atoms with Crippen LogP contribution in [0.25, 0.3) is 10.8 Å². The van der Waals surface area contributed by atoms with Crippen molar-refractivity contribution in [2.45, 2.75) is 0 Å². The summed E-state index contributed by atoms with van der Waals surface area (Å²) in [6, 6.07) is 10.9. The topological polar surface area (TPSA) is 83.6 Å². The van der Waals surface area contributed by atoms with Gasteiger partial charge in [0.05, 0.1) is 5.56 Å². The van der Waals surface area contributed by atoms with Crippen molar-refractivity contribution in [2.24, 2.45) is 0 Å². The first kappa shape index (κ1) is 14.6. The molecule has 21 heavy (non-hydrogen) atoms. The number of anilines is 1. The van der Waals surface area contributed by atoms with Gasteiger partial charge in [0, 0.05) is 12.2 Å². The van der Waals surface area contributed by atoms with Gasteiger partial charge in [0.2, 0.25) is 0 Å². The number of hydrogen-bond acceptors (Lipinski definition) is 3. The predicted molar refractivity (Wildman–Crippen MR) is 82.1 cm³/mol. The molecule has 0 fully saturated rings. The van der Waals surface area contributed by atoms with Crippen LogP contribution < -0.4 is 5.73 Å². The van der Waals surface area contributed by atoms with Gasteiger partial charge in [0.25, 0.3) is 5.91 Å². The molecule has 0 aliphatic carbocycles. The number of hydrogen-bond donors (Lipinski definition) is 2. The molecule has 0 saturated heterocycles. The number of rotatable bonds is 5. The zero-order chi connectivity index (χ0) is 15.4. The monoisotopic (exact) mass is 284 g/mol. The molecule has 2 aromatic rings. The highest BCUT2D eigenvalue weighted by Gasteiger charge is 2.19. The van der Waals surface area contributed by atoms with Crippen LogP contribution >= 0.6 is 0 Å². The van der Waals surface area contributed by atoms with E-state index in [1.807, 2.05) is 24.3 Å². The smallest absolute Gasteiger partial charge is 0.323 e. The van der Waals surface area contributed by atoms with Gasteiger partial charge in [-0.15, -0.1) is 6.58 Å². The van der Waals surface area contributed by atoms with Crippen LogP contribution in [0.2, 0.25) is 0 Å². The first-order valence-corrected chi connectivity index (χ1v) is 6.43. The summed E-state index contributed by atoms with van der Waals surface area (Å²) >= 11 is 0. The Kier molecular flexibility index (Phi) is 4.23. The van der Waals surface area contributed by atoms with E-state index in [0.29, 0.717) is 11.3 Å². The number of fused-ring (bicyclic) bond motifs is 1. The standard InChI is InChI=1S/C16H16N2O3/c1-2-7-18(10-15(19)20)16(21)13-8-11-5-3-4-6-12(11)9-14(13)17/h2-6,8-9H,1,7,10,17H2,(H,19,20). The van der Waals surface area contributed by atoms with Crippen molar-refractivity contribution in [1.29, 1.82) is 0 Å². The average molecular weight is 284 g/mol. The minimum Gasteiger partial charge on any atom is -0.480 e. The zero-order valence-electron chi connectivity index (χ0n) is 11.5. The molecule has 0 spiro atoms. The number of benzene rings is 2. The highest BCUT2D eigenvalue weighted by Crippen LogP contribution is 2.23. The van der Waals surface area contributed by atoms with Crippen LogP contribution in [0.1, 0.15) is 10.4 Å². The summed E-state index contributed by atoms with van der Waals surface area (Å²) in [5.41, 5.74) is 6.57. The molecule has 2 aromatic carbocycles. The molecule has 2 rings (SSSR count). The average Bonchev–Trinajstić information content (AvgIpc) is 2.45. The van der Waals surface area contributed by atoms with Crippen LogP contribution in [-0.4, -0.2) is 35.0 Å². The van der Waals surface area contributed by atoms with Crippen molar-refractivity contribution in [3.05, 3.63) is 54.6 Å². The Morgan fingerprint density at radius 2 is 1.86 bits per heavy atom. The van der Waals surface area contributed by atoms with Gasteiger partial charge in [-0.1, -0.05) is 30.3 Å². The first-order chi connectivity index (χ1) is 10.0. The number of amides is 1. The molecule has 0 unspecified atom stereocenters. The van der Waals surface area contributed by atoms with Crippen LogP contribution in [0, 0.1) is 0 Å². The van der Waals surface area contributed by atoms with E-state index >= 15 is 0 Å². The molecule has 5 heteroatoms. The summed E-state index contributed by atoms with van der Waals surface area (Å²) in [5, 5.41) is 10.7. The third kappa shape index (κ3) is 3.20. The number of carbonyl (C=O) groups excluding carboxylic acids is 1. The van der Waals surface area contributed by atoms with Gasteiger partial charge in [-0.25, -0.2) is 0 Å². The predicted octanol–water partition coefficient (Wildman–Crippen LogP) is 2.13. The third-order valence-corrected chi connectivity index (χ3v) is 3.11.